The van der Waals surface area contributed by atoms with Crippen LogP contribution < -0.4 is 4.74 Å². The second kappa shape index (κ2) is 7.20. The molecule has 5 heteroatoms. The SMILES string of the molecule is CN(C)CCC(Oc1cc(F)ccc1Br)c1cccs1. The van der Waals surface area contributed by atoms with Crippen molar-refractivity contribution < 1.29 is 9.13 Å². The number of ether oxygens (including phenoxy) is 1. The van der Waals surface area contributed by atoms with Crippen molar-refractivity contribution in [1.82, 2.24) is 4.90 Å². The van der Waals surface area contributed by atoms with Gasteiger partial charge in [-0.1, -0.05) is 6.07 Å². The molecule has 0 amide bonds. The zero-order valence-corrected chi connectivity index (χ0v) is 13.9. The molecule has 2 rings (SSSR count). The van der Waals surface area contributed by atoms with E-state index in [1.54, 1.807) is 17.4 Å². The summed E-state index contributed by atoms with van der Waals surface area (Å²) in [6, 6.07) is 8.56. The molecular weight excluding hydrogens is 341 g/mol. The number of hydrogen-bond donors (Lipinski definition) is 0. The predicted octanol–water partition coefficient (Wildman–Crippen LogP) is 4.72. The van der Waals surface area contributed by atoms with Crippen LogP contribution >= 0.6 is 27.3 Å². The number of nitrogens with zero attached hydrogens (tertiary/aromatic N) is 1. The first-order valence-corrected chi connectivity index (χ1v) is 8.03. The van der Waals surface area contributed by atoms with Crippen molar-refractivity contribution in [2.24, 2.45) is 0 Å². The fourth-order valence-corrected chi connectivity index (χ4v) is 2.96. The summed E-state index contributed by atoms with van der Waals surface area (Å²) in [6.07, 6.45) is 0.798. The molecule has 1 heterocycles. The number of halogens is 2. The normalized spacial score (nSPS) is 12.7. The van der Waals surface area contributed by atoms with Crippen LogP contribution in [0.2, 0.25) is 0 Å². The molecule has 0 aliphatic rings. The summed E-state index contributed by atoms with van der Waals surface area (Å²) in [5.74, 6) is 0.253. The molecule has 0 spiro atoms. The molecule has 1 aromatic carbocycles. The van der Waals surface area contributed by atoms with Crippen LogP contribution in [0, 0.1) is 5.82 Å². The van der Waals surface area contributed by atoms with E-state index in [4.69, 9.17) is 4.74 Å². The van der Waals surface area contributed by atoms with Gasteiger partial charge in [0.05, 0.1) is 4.47 Å². The van der Waals surface area contributed by atoms with Gasteiger partial charge in [-0.3, -0.25) is 0 Å². The van der Waals surface area contributed by atoms with Gasteiger partial charge in [-0.05, 0) is 53.6 Å². The van der Waals surface area contributed by atoms with Crippen molar-refractivity contribution in [3.63, 3.8) is 0 Å². The summed E-state index contributed by atoms with van der Waals surface area (Å²) in [4.78, 5) is 3.27. The van der Waals surface area contributed by atoms with Gasteiger partial charge in [0.15, 0.2) is 0 Å². The molecular formula is C15H17BrFNOS. The number of thiophene rings is 1. The second-order valence-corrected chi connectivity index (χ2v) is 6.62. The van der Waals surface area contributed by atoms with Crippen molar-refractivity contribution in [3.05, 3.63) is 50.9 Å². The van der Waals surface area contributed by atoms with Crippen molar-refractivity contribution in [3.8, 4) is 5.75 Å². The van der Waals surface area contributed by atoms with Gasteiger partial charge in [-0.25, -0.2) is 4.39 Å². The molecule has 0 radical (unpaired) electrons. The highest BCUT2D eigenvalue weighted by Gasteiger charge is 2.16. The summed E-state index contributed by atoms with van der Waals surface area (Å²) in [5, 5.41) is 2.03. The van der Waals surface area contributed by atoms with E-state index in [2.05, 4.69) is 26.9 Å². The summed E-state index contributed by atoms with van der Waals surface area (Å²) in [7, 11) is 4.06. The molecule has 0 aliphatic heterocycles. The van der Waals surface area contributed by atoms with Crippen LogP contribution in [0.25, 0.3) is 0 Å². The van der Waals surface area contributed by atoms with Gasteiger partial charge in [-0.15, -0.1) is 11.3 Å². The maximum atomic E-state index is 13.3. The lowest BCUT2D eigenvalue weighted by molar-refractivity contribution is 0.181. The van der Waals surface area contributed by atoms with E-state index in [9.17, 15) is 4.39 Å². The fraction of sp³-hybridized carbons (Fsp3) is 0.333. The van der Waals surface area contributed by atoms with Crippen molar-refractivity contribution in [2.75, 3.05) is 20.6 Å². The van der Waals surface area contributed by atoms with Gasteiger partial charge in [0, 0.05) is 23.9 Å². The Morgan fingerprint density at radius 2 is 2.15 bits per heavy atom. The first-order valence-electron chi connectivity index (χ1n) is 6.36. The van der Waals surface area contributed by atoms with Crippen molar-refractivity contribution in [1.29, 1.82) is 0 Å². The standard InChI is InChI=1S/C15H17BrFNOS/c1-18(2)8-7-13(15-4-3-9-20-15)19-14-10-11(17)5-6-12(14)16/h3-6,9-10,13H,7-8H2,1-2H3. The van der Waals surface area contributed by atoms with E-state index < -0.39 is 0 Å². The molecule has 0 saturated carbocycles. The van der Waals surface area contributed by atoms with Gasteiger partial charge in [0.2, 0.25) is 0 Å². The Hall–Kier alpha value is -0.910. The number of benzene rings is 1. The lowest BCUT2D eigenvalue weighted by atomic mass is 10.2. The van der Waals surface area contributed by atoms with Crippen LogP contribution in [0.4, 0.5) is 4.39 Å². The van der Waals surface area contributed by atoms with Gasteiger partial charge in [0.25, 0.3) is 0 Å². The topological polar surface area (TPSA) is 12.5 Å². The third kappa shape index (κ3) is 4.30. The Balaban J connectivity index is 2.16. The fourth-order valence-electron chi connectivity index (χ4n) is 1.83. The summed E-state index contributed by atoms with van der Waals surface area (Å²) >= 11 is 5.06. The number of rotatable bonds is 6. The molecule has 0 N–H and O–H groups in total. The van der Waals surface area contributed by atoms with E-state index in [0.29, 0.717) is 5.75 Å². The first kappa shape index (κ1) is 15.5. The molecule has 0 bridgehead atoms. The second-order valence-electron chi connectivity index (χ2n) is 4.79. The van der Waals surface area contributed by atoms with Crippen LogP contribution in [0.3, 0.4) is 0 Å². The van der Waals surface area contributed by atoms with Crippen molar-refractivity contribution in [2.45, 2.75) is 12.5 Å². The highest BCUT2D eigenvalue weighted by Crippen LogP contribution is 2.33. The smallest absolute Gasteiger partial charge is 0.137 e. The summed E-state index contributed by atoms with van der Waals surface area (Å²) in [6.45, 7) is 0.912. The molecule has 0 aliphatic carbocycles. The highest BCUT2D eigenvalue weighted by atomic mass is 79.9. The van der Waals surface area contributed by atoms with Crippen molar-refractivity contribution >= 4 is 27.3 Å². The van der Waals surface area contributed by atoms with E-state index in [0.717, 1.165) is 22.3 Å². The Morgan fingerprint density at radius 3 is 2.80 bits per heavy atom. The van der Waals surface area contributed by atoms with Crippen LogP contribution in [-0.4, -0.2) is 25.5 Å². The Kier molecular flexibility index (Phi) is 5.57. The lowest BCUT2D eigenvalue weighted by Gasteiger charge is -2.21. The number of hydrogen-bond acceptors (Lipinski definition) is 3. The molecule has 1 unspecified atom stereocenters. The molecule has 0 fully saturated rings. The minimum atomic E-state index is -0.291. The van der Waals surface area contributed by atoms with Gasteiger partial charge < -0.3 is 9.64 Å². The maximum absolute atomic E-state index is 13.3. The Labute approximate surface area is 131 Å². The zero-order chi connectivity index (χ0) is 14.5. The molecule has 108 valence electrons. The third-order valence-corrected chi connectivity index (χ3v) is 4.48. The van der Waals surface area contributed by atoms with Crippen LogP contribution in [-0.2, 0) is 0 Å². The minimum absolute atomic E-state index is 0.0597. The first-order chi connectivity index (χ1) is 9.56. The largest absolute Gasteiger partial charge is 0.484 e. The molecule has 2 aromatic rings. The average Bonchev–Trinajstić information content (AvgIpc) is 2.92. The van der Waals surface area contributed by atoms with Gasteiger partial charge in [0.1, 0.15) is 17.7 Å². The van der Waals surface area contributed by atoms with E-state index in [-0.39, 0.29) is 11.9 Å². The summed E-state index contributed by atoms with van der Waals surface area (Å²) in [5.41, 5.74) is 0. The molecule has 2 nitrogen and oxygen atoms in total. The Bertz CT molecular complexity index is 545. The van der Waals surface area contributed by atoms with Crippen LogP contribution in [0.15, 0.2) is 40.2 Å². The molecule has 0 saturated heterocycles. The van der Waals surface area contributed by atoms with Crippen LogP contribution in [0.5, 0.6) is 5.75 Å². The highest BCUT2D eigenvalue weighted by molar-refractivity contribution is 9.10. The van der Waals surface area contributed by atoms with Crippen LogP contribution in [0.1, 0.15) is 17.4 Å². The minimum Gasteiger partial charge on any atom is -0.484 e. The molecule has 20 heavy (non-hydrogen) atoms. The maximum Gasteiger partial charge on any atom is 0.137 e. The molecule has 1 atom stereocenters. The zero-order valence-electron chi connectivity index (χ0n) is 11.5. The van der Waals surface area contributed by atoms with E-state index >= 15 is 0 Å². The third-order valence-electron chi connectivity index (χ3n) is 2.86. The average molecular weight is 358 g/mol. The van der Waals surface area contributed by atoms with E-state index in [1.165, 1.54) is 12.1 Å². The monoisotopic (exact) mass is 357 g/mol. The van der Waals surface area contributed by atoms with Gasteiger partial charge in [-0.2, -0.15) is 0 Å². The summed E-state index contributed by atoms with van der Waals surface area (Å²) < 4.78 is 20.1. The van der Waals surface area contributed by atoms with Gasteiger partial charge >= 0.3 is 0 Å². The molecule has 1 aromatic heterocycles. The predicted molar refractivity (Wildman–Crippen MR) is 85.0 cm³/mol. The Morgan fingerprint density at radius 1 is 1.35 bits per heavy atom. The lowest BCUT2D eigenvalue weighted by Crippen LogP contribution is -2.18. The van der Waals surface area contributed by atoms with E-state index in [1.807, 2.05) is 25.5 Å². The quantitative estimate of drug-likeness (QED) is 0.741.